The first kappa shape index (κ1) is 20.5. The molecule has 150 valence electrons. The normalized spacial score (nSPS) is 12.8. The molecule has 0 saturated carbocycles. The van der Waals surface area contributed by atoms with E-state index < -0.39 is 17.4 Å². The first-order valence-corrected chi connectivity index (χ1v) is 9.74. The summed E-state index contributed by atoms with van der Waals surface area (Å²) in [7, 11) is 0. The Kier molecular flexibility index (Phi) is 5.95. The highest BCUT2D eigenvalue weighted by molar-refractivity contribution is 7.19. The third-order valence-electron chi connectivity index (χ3n) is 4.22. The van der Waals surface area contributed by atoms with E-state index in [2.05, 4.69) is 16.0 Å². The molecule has 0 aliphatic rings. The fraction of sp³-hybridized carbons (Fsp3) is 0.190. The van der Waals surface area contributed by atoms with E-state index in [-0.39, 0.29) is 12.5 Å². The molecule has 3 rings (SSSR count). The van der Waals surface area contributed by atoms with Crippen molar-refractivity contribution in [1.82, 2.24) is 5.32 Å². The number of carbonyl (C=O) groups is 3. The van der Waals surface area contributed by atoms with E-state index in [9.17, 15) is 19.5 Å². The second-order valence-electron chi connectivity index (χ2n) is 6.82. The van der Waals surface area contributed by atoms with Gasteiger partial charge in [0, 0.05) is 27.9 Å². The summed E-state index contributed by atoms with van der Waals surface area (Å²) in [5.74, 6) is -1.89. The summed E-state index contributed by atoms with van der Waals surface area (Å²) in [6.45, 7) is 2.89. The van der Waals surface area contributed by atoms with Gasteiger partial charge >= 0.3 is 11.8 Å². The molecule has 8 heteroatoms. The average Bonchev–Trinajstić information content (AvgIpc) is 3.12. The Balaban J connectivity index is 1.57. The third kappa shape index (κ3) is 5.18. The zero-order valence-electron chi connectivity index (χ0n) is 16.0. The molecule has 1 unspecified atom stereocenters. The van der Waals surface area contributed by atoms with E-state index in [4.69, 9.17) is 0 Å². The molecular formula is C21H21N3O4S. The van der Waals surface area contributed by atoms with Crippen LogP contribution in [0.2, 0.25) is 0 Å². The monoisotopic (exact) mass is 411 g/mol. The predicted molar refractivity (Wildman–Crippen MR) is 114 cm³/mol. The fourth-order valence-corrected chi connectivity index (χ4v) is 3.80. The van der Waals surface area contributed by atoms with Crippen molar-refractivity contribution in [2.45, 2.75) is 19.4 Å². The highest BCUT2D eigenvalue weighted by Crippen LogP contribution is 2.32. The Bertz CT molecular complexity index is 1020. The summed E-state index contributed by atoms with van der Waals surface area (Å²) in [4.78, 5) is 35.9. The highest BCUT2D eigenvalue weighted by atomic mass is 32.1. The topological polar surface area (TPSA) is 108 Å². The fourth-order valence-electron chi connectivity index (χ4n) is 2.70. The van der Waals surface area contributed by atoms with E-state index in [0.717, 1.165) is 10.1 Å². The first-order chi connectivity index (χ1) is 13.7. The van der Waals surface area contributed by atoms with E-state index in [1.807, 2.05) is 30.3 Å². The molecule has 3 aromatic rings. The minimum atomic E-state index is -1.31. The molecular weight excluding hydrogens is 390 g/mol. The zero-order chi connectivity index (χ0) is 21.0. The van der Waals surface area contributed by atoms with E-state index in [1.54, 1.807) is 31.2 Å². The largest absolute Gasteiger partial charge is 0.383 e. The van der Waals surface area contributed by atoms with Crippen LogP contribution in [0, 0.1) is 0 Å². The van der Waals surface area contributed by atoms with Crippen LogP contribution >= 0.6 is 11.3 Å². The molecule has 4 N–H and O–H groups in total. The van der Waals surface area contributed by atoms with Crippen molar-refractivity contribution in [3.8, 4) is 0 Å². The van der Waals surface area contributed by atoms with Gasteiger partial charge in [-0.2, -0.15) is 0 Å². The van der Waals surface area contributed by atoms with Crippen molar-refractivity contribution < 1.29 is 19.5 Å². The Morgan fingerprint density at radius 1 is 0.966 bits per heavy atom. The number of aliphatic hydroxyl groups is 1. The van der Waals surface area contributed by atoms with Crippen LogP contribution in [0.4, 0.5) is 11.4 Å². The van der Waals surface area contributed by atoms with Gasteiger partial charge in [-0.1, -0.05) is 18.2 Å². The molecule has 0 fully saturated rings. The zero-order valence-corrected chi connectivity index (χ0v) is 16.8. The van der Waals surface area contributed by atoms with Gasteiger partial charge in [0.1, 0.15) is 5.60 Å². The molecule has 0 aliphatic heterocycles. The first-order valence-electron chi connectivity index (χ1n) is 8.93. The van der Waals surface area contributed by atoms with Crippen molar-refractivity contribution in [3.05, 3.63) is 59.5 Å². The number of amides is 3. The lowest BCUT2D eigenvalue weighted by Crippen LogP contribution is -2.42. The molecule has 1 aromatic heterocycles. The van der Waals surface area contributed by atoms with Crippen molar-refractivity contribution in [3.63, 3.8) is 0 Å². The maximum absolute atomic E-state index is 12.1. The predicted octanol–water partition coefficient (Wildman–Crippen LogP) is 2.82. The summed E-state index contributed by atoms with van der Waals surface area (Å²) in [5, 5.41) is 19.3. The Hall–Kier alpha value is -3.23. The molecule has 2 aromatic carbocycles. The molecule has 0 aliphatic carbocycles. The van der Waals surface area contributed by atoms with Gasteiger partial charge < -0.3 is 21.1 Å². The Labute approximate surface area is 171 Å². The van der Waals surface area contributed by atoms with E-state index >= 15 is 0 Å². The van der Waals surface area contributed by atoms with Crippen LogP contribution in [0.5, 0.6) is 0 Å². The number of anilines is 2. The SMILES string of the molecule is CC(=O)Nc1ccc(NC(=O)C(=O)NCC(C)(O)c2cc3ccccc3s2)cc1. The number of nitrogens with one attached hydrogen (secondary N) is 3. The molecule has 0 bridgehead atoms. The second kappa shape index (κ2) is 8.42. The number of benzene rings is 2. The lowest BCUT2D eigenvalue weighted by atomic mass is 10.0. The van der Waals surface area contributed by atoms with E-state index in [1.165, 1.54) is 18.3 Å². The summed E-state index contributed by atoms with van der Waals surface area (Å²) < 4.78 is 1.04. The van der Waals surface area contributed by atoms with Crippen molar-refractivity contribution in [2.75, 3.05) is 17.2 Å². The summed E-state index contributed by atoms with van der Waals surface area (Å²) >= 11 is 1.44. The number of fused-ring (bicyclic) bond motifs is 1. The lowest BCUT2D eigenvalue weighted by Gasteiger charge is -2.22. The third-order valence-corrected chi connectivity index (χ3v) is 5.59. The van der Waals surface area contributed by atoms with Crippen LogP contribution in [-0.4, -0.2) is 29.4 Å². The van der Waals surface area contributed by atoms with Crippen LogP contribution < -0.4 is 16.0 Å². The minimum Gasteiger partial charge on any atom is -0.383 e. The number of rotatable bonds is 5. The molecule has 0 spiro atoms. The Morgan fingerprint density at radius 2 is 1.59 bits per heavy atom. The maximum atomic E-state index is 12.1. The van der Waals surface area contributed by atoms with Gasteiger partial charge in [0.05, 0.1) is 6.54 Å². The van der Waals surface area contributed by atoms with Crippen LogP contribution in [0.1, 0.15) is 18.7 Å². The van der Waals surface area contributed by atoms with Gasteiger partial charge in [0.15, 0.2) is 0 Å². The number of hydrogen-bond donors (Lipinski definition) is 4. The quantitative estimate of drug-likeness (QED) is 0.484. The average molecular weight is 411 g/mol. The van der Waals surface area contributed by atoms with Crippen LogP contribution in [0.3, 0.4) is 0 Å². The van der Waals surface area contributed by atoms with Crippen LogP contribution in [0.15, 0.2) is 54.6 Å². The Morgan fingerprint density at radius 3 is 2.21 bits per heavy atom. The molecule has 1 atom stereocenters. The van der Waals surface area contributed by atoms with Gasteiger partial charge in [-0.3, -0.25) is 14.4 Å². The molecule has 7 nitrogen and oxygen atoms in total. The second-order valence-corrected chi connectivity index (χ2v) is 7.90. The maximum Gasteiger partial charge on any atom is 0.313 e. The van der Waals surface area contributed by atoms with Crippen molar-refractivity contribution in [1.29, 1.82) is 0 Å². The van der Waals surface area contributed by atoms with Crippen molar-refractivity contribution >= 4 is 50.5 Å². The van der Waals surface area contributed by atoms with Gasteiger partial charge in [0.2, 0.25) is 5.91 Å². The van der Waals surface area contributed by atoms with Gasteiger partial charge in [-0.05, 0) is 48.7 Å². The lowest BCUT2D eigenvalue weighted by molar-refractivity contribution is -0.136. The summed E-state index contributed by atoms with van der Waals surface area (Å²) in [6.07, 6.45) is 0. The minimum absolute atomic E-state index is 0.104. The molecule has 29 heavy (non-hydrogen) atoms. The van der Waals surface area contributed by atoms with Gasteiger partial charge in [-0.25, -0.2) is 0 Å². The van der Waals surface area contributed by atoms with Gasteiger partial charge in [-0.15, -0.1) is 11.3 Å². The van der Waals surface area contributed by atoms with Crippen LogP contribution in [-0.2, 0) is 20.0 Å². The molecule has 0 saturated heterocycles. The number of hydrogen-bond acceptors (Lipinski definition) is 5. The number of thiophene rings is 1. The summed E-state index contributed by atoms with van der Waals surface area (Å²) in [6, 6.07) is 16.0. The highest BCUT2D eigenvalue weighted by Gasteiger charge is 2.27. The van der Waals surface area contributed by atoms with Crippen molar-refractivity contribution in [2.24, 2.45) is 0 Å². The van der Waals surface area contributed by atoms with Crippen LogP contribution in [0.25, 0.3) is 10.1 Å². The molecule has 1 heterocycles. The van der Waals surface area contributed by atoms with Gasteiger partial charge in [0.25, 0.3) is 0 Å². The van der Waals surface area contributed by atoms with E-state index in [0.29, 0.717) is 16.3 Å². The number of carbonyl (C=O) groups excluding carboxylic acids is 3. The summed E-state index contributed by atoms with van der Waals surface area (Å²) in [5.41, 5.74) is -0.311. The smallest absolute Gasteiger partial charge is 0.313 e. The standard InChI is InChI=1S/C21H21N3O4S/c1-13(25)23-15-7-9-16(10-8-15)24-20(27)19(26)22-12-21(2,28)18-11-14-5-3-4-6-17(14)29-18/h3-11,28H,12H2,1-2H3,(H,22,26)(H,23,25)(H,24,27). The molecule has 3 amide bonds. The molecule has 0 radical (unpaired) electrons.